The molecular weight excluding hydrogens is 339 g/mol. The smallest absolute Gasteiger partial charge is 0.234 e. The SMILES string of the molecule is COC(OC)C1CCN(c2ccc(C3CCC(=O)NC3=O)cc2F)CC1. The summed E-state index contributed by atoms with van der Waals surface area (Å²) in [6.07, 6.45) is 2.20. The first-order valence-electron chi connectivity index (χ1n) is 8.97. The van der Waals surface area contributed by atoms with Crippen LogP contribution in [0.3, 0.4) is 0 Å². The van der Waals surface area contributed by atoms with Crippen LogP contribution in [0.5, 0.6) is 0 Å². The lowest BCUT2D eigenvalue weighted by Gasteiger charge is -2.36. The van der Waals surface area contributed by atoms with E-state index in [1.54, 1.807) is 26.4 Å². The Kier molecular flexibility index (Phi) is 5.88. The highest BCUT2D eigenvalue weighted by atomic mass is 19.1. The summed E-state index contributed by atoms with van der Waals surface area (Å²) in [7, 11) is 3.27. The molecule has 1 N–H and O–H groups in total. The summed E-state index contributed by atoms with van der Waals surface area (Å²) in [4.78, 5) is 25.3. The molecular formula is C19H25FN2O4. The molecule has 2 fully saturated rings. The van der Waals surface area contributed by atoms with Crippen molar-refractivity contribution < 1.29 is 23.5 Å². The molecule has 0 aromatic heterocycles. The van der Waals surface area contributed by atoms with E-state index in [1.165, 1.54) is 6.07 Å². The van der Waals surface area contributed by atoms with Gasteiger partial charge in [-0.25, -0.2) is 4.39 Å². The number of hydrogen-bond donors (Lipinski definition) is 1. The Morgan fingerprint density at radius 1 is 1.15 bits per heavy atom. The van der Waals surface area contributed by atoms with E-state index >= 15 is 0 Å². The molecule has 0 aliphatic carbocycles. The molecule has 1 aromatic rings. The molecule has 142 valence electrons. The predicted molar refractivity (Wildman–Crippen MR) is 94.3 cm³/mol. The molecule has 7 heteroatoms. The fourth-order valence-corrected chi connectivity index (χ4v) is 3.90. The van der Waals surface area contributed by atoms with E-state index in [0.717, 1.165) is 25.9 Å². The summed E-state index contributed by atoms with van der Waals surface area (Å²) in [5, 5.41) is 2.32. The van der Waals surface area contributed by atoms with Gasteiger partial charge < -0.3 is 14.4 Å². The van der Waals surface area contributed by atoms with Crippen molar-refractivity contribution in [1.82, 2.24) is 5.32 Å². The molecule has 2 aliphatic rings. The monoisotopic (exact) mass is 364 g/mol. The molecule has 2 aliphatic heterocycles. The van der Waals surface area contributed by atoms with Gasteiger partial charge in [0.25, 0.3) is 0 Å². The number of hydrogen-bond acceptors (Lipinski definition) is 5. The zero-order chi connectivity index (χ0) is 18.7. The van der Waals surface area contributed by atoms with Crippen LogP contribution in [0, 0.1) is 11.7 Å². The molecule has 2 heterocycles. The van der Waals surface area contributed by atoms with Crippen molar-refractivity contribution in [3.63, 3.8) is 0 Å². The van der Waals surface area contributed by atoms with Gasteiger partial charge in [-0.15, -0.1) is 0 Å². The van der Waals surface area contributed by atoms with E-state index in [9.17, 15) is 14.0 Å². The number of rotatable bonds is 5. The summed E-state index contributed by atoms with van der Waals surface area (Å²) in [6.45, 7) is 1.45. The van der Waals surface area contributed by atoms with Crippen molar-refractivity contribution in [2.45, 2.75) is 37.9 Å². The Hall–Kier alpha value is -1.99. The van der Waals surface area contributed by atoms with Crippen molar-refractivity contribution in [2.75, 3.05) is 32.2 Å². The van der Waals surface area contributed by atoms with Crippen molar-refractivity contribution in [1.29, 1.82) is 0 Å². The molecule has 3 rings (SSSR count). The summed E-state index contributed by atoms with van der Waals surface area (Å²) in [5.74, 6) is -1.12. The zero-order valence-electron chi connectivity index (χ0n) is 15.2. The van der Waals surface area contributed by atoms with Gasteiger partial charge in [-0.3, -0.25) is 14.9 Å². The van der Waals surface area contributed by atoms with Crippen molar-refractivity contribution in [3.8, 4) is 0 Å². The van der Waals surface area contributed by atoms with Crippen LogP contribution in [0.15, 0.2) is 18.2 Å². The number of amides is 2. The number of nitrogens with one attached hydrogen (secondary N) is 1. The Bertz CT molecular complexity index is 670. The minimum absolute atomic E-state index is 0.225. The summed E-state index contributed by atoms with van der Waals surface area (Å²) in [5.41, 5.74) is 1.16. The first kappa shape index (κ1) is 18.8. The van der Waals surface area contributed by atoms with E-state index in [1.807, 2.05) is 4.90 Å². The number of methoxy groups -OCH3 is 2. The number of anilines is 1. The van der Waals surface area contributed by atoms with Gasteiger partial charge in [0.1, 0.15) is 5.82 Å². The lowest BCUT2D eigenvalue weighted by atomic mass is 9.90. The van der Waals surface area contributed by atoms with E-state index in [0.29, 0.717) is 23.6 Å². The van der Waals surface area contributed by atoms with Crippen LogP contribution in [0.2, 0.25) is 0 Å². The van der Waals surface area contributed by atoms with Crippen LogP contribution in [0.1, 0.15) is 37.2 Å². The van der Waals surface area contributed by atoms with Gasteiger partial charge in [-0.05, 0) is 37.0 Å². The average molecular weight is 364 g/mol. The molecule has 0 radical (unpaired) electrons. The normalized spacial score (nSPS) is 22.0. The molecule has 0 bridgehead atoms. The van der Waals surface area contributed by atoms with E-state index < -0.39 is 5.92 Å². The minimum Gasteiger partial charge on any atom is -0.369 e. The summed E-state index contributed by atoms with van der Waals surface area (Å²) >= 11 is 0. The second-order valence-electron chi connectivity index (χ2n) is 6.88. The number of halogens is 1. The molecule has 1 atom stereocenters. The molecule has 0 spiro atoms. The molecule has 2 saturated heterocycles. The first-order valence-corrected chi connectivity index (χ1v) is 8.97. The summed E-state index contributed by atoms with van der Waals surface area (Å²) in [6, 6.07) is 4.95. The highest BCUT2D eigenvalue weighted by Gasteiger charge is 2.30. The number of imide groups is 1. The average Bonchev–Trinajstić information content (AvgIpc) is 2.63. The van der Waals surface area contributed by atoms with E-state index in [2.05, 4.69) is 5.32 Å². The molecule has 0 saturated carbocycles. The molecule has 26 heavy (non-hydrogen) atoms. The Balaban J connectivity index is 1.67. The number of carbonyl (C=O) groups excluding carboxylic acids is 2. The molecule has 6 nitrogen and oxygen atoms in total. The van der Waals surface area contributed by atoms with Gasteiger partial charge in [0.2, 0.25) is 11.8 Å². The maximum Gasteiger partial charge on any atom is 0.234 e. The van der Waals surface area contributed by atoms with Crippen LogP contribution in [0.25, 0.3) is 0 Å². The van der Waals surface area contributed by atoms with Crippen LogP contribution >= 0.6 is 0 Å². The topological polar surface area (TPSA) is 67.9 Å². The highest BCUT2D eigenvalue weighted by Crippen LogP contribution is 2.32. The largest absolute Gasteiger partial charge is 0.369 e. The van der Waals surface area contributed by atoms with Crippen LogP contribution in [0.4, 0.5) is 10.1 Å². The van der Waals surface area contributed by atoms with Gasteiger partial charge in [-0.2, -0.15) is 0 Å². The maximum absolute atomic E-state index is 14.7. The second-order valence-corrected chi connectivity index (χ2v) is 6.88. The quantitative estimate of drug-likeness (QED) is 0.641. The van der Waals surface area contributed by atoms with Gasteiger partial charge in [0.15, 0.2) is 6.29 Å². The third-order valence-corrected chi connectivity index (χ3v) is 5.34. The number of ether oxygens (including phenoxy) is 2. The first-order chi connectivity index (χ1) is 12.5. The van der Waals surface area contributed by atoms with Gasteiger partial charge in [0.05, 0.1) is 11.6 Å². The maximum atomic E-state index is 14.7. The van der Waals surface area contributed by atoms with Crippen molar-refractivity contribution in [3.05, 3.63) is 29.6 Å². The number of nitrogens with zero attached hydrogens (tertiary/aromatic N) is 1. The van der Waals surface area contributed by atoms with Crippen molar-refractivity contribution in [2.24, 2.45) is 5.92 Å². The zero-order valence-corrected chi connectivity index (χ0v) is 15.2. The van der Waals surface area contributed by atoms with Crippen LogP contribution in [-0.4, -0.2) is 45.4 Å². The fourth-order valence-electron chi connectivity index (χ4n) is 3.90. The van der Waals surface area contributed by atoms with Crippen molar-refractivity contribution >= 4 is 17.5 Å². The number of carbonyl (C=O) groups is 2. The lowest BCUT2D eigenvalue weighted by molar-refractivity contribution is -0.141. The number of benzene rings is 1. The fraction of sp³-hybridized carbons (Fsp3) is 0.579. The van der Waals surface area contributed by atoms with E-state index in [-0.39, 0.29) is 30.3 Å². The van der Waals surface area contributed by atoms with Gasteiger partial charge >= 0.3 is 0 Å². The third kappa shape index (κ3) is 3.88. The molecule has 2 amide bonds. The number of piperidine rings is 2. The van der Waals surface area contributed by atoms with Crippen LogP contribution in [-0.2, 0) is 19.1 Å². The highest BCUT2D eigenvalue weighted by molar-refractivity contribution is 6.00. The molecule has 1 aromatic carbocycles. The molecule has 1 unspecified atom stereocenters. The lowest BCUT2D eigenvalue weighted by Crippen LogP contribution is -2.40. The standard InChI is InChI=1S/C19H25FN2O4/c1-25-19(26-2)12-7-9-22(10-8-12)16-5-3-13(11-15(16)20)14-4-6-17(23)21-18(14)24/h3,5,11-12,14,19H,4,6-10H2,1-2H3,(H,21,23,24). The van der Waals surface area contributed by atoms with Gasteiger partial charge in [0, 0.05) is 39.6 Å². The predicted octanol–water partition coefficient (Wildman–Crippen LogP) is 2.18. The Labute approximate surface area is 152 Å². The minimum atomic E-state index is -0.467. The Morgan fingerprint density at radius 3 is 2.42 bits per heavy atom. The van der Waals surface area contributed by atoms with E-state index in [4.69, 9.17) is 9.47 Å². The van der Waals surface area contributed by atoms with Gasteiger partial charge in [-0.1, -0.05) is 6.07 Å². The van der Waals surface area contributed by atoms with Crippen LogP contribution < -0.4 is 10.2 Å². The second kappa shape index (κ2) is 8.14. The Morgan fingerprint density at radius 2 is 1.85 bits per heavy atom. The third-order valence-electron chi connectivity index (χ3n) is 5.34. The summed E-state index contributed by atoms with van der Waals surface area (Å²) < 4.78 is 25.3.